The molecule has 0 fully saturated rings. The zero-order chi connectivity index (χ0) is 28.1. The largest absolute Gasteiger partial charge is 0.504 e. The molecule has 210 valence electrons. The van der Waals surface area contributed by atoms with Crippen LogP contribution in [0.4, 0.5) is 5.82 Å². The maximum Gasteiger partial charge on any atom is 0.302 e. The smallest absolute Gasteiger partial charge is 0.302 e. The van der Waals surface area contributed by atoms with E-state index in [2.05, 4.69) is 4.98 Å². The summed E-state index contributed by atoms with van der Waals surface area (Å²) in [6.45, 7) is 4.53. The predicted octanol–water partition coefficient (Wildman–Crippen LogP) is 3.39. The number of benzene rings is 1. The van der Waals surface area contributed by atoms with Gasteiger partial charge in [0, 0.05) is 33.1 Å². The molecule has 2 aromatic rings. The van der Waals surface area contributed by atoms with Gasteiger partial charge in [0.15, 0.2) is 11.5 Å². The second-order valence-electron chi connectivity index (χ2n) is 9.29. The molecule has 0 aliphatic heterocycles. The number of carbonyl (C=O) groups excluding carboxylic acids is 2. The van der Waals surface area contributed by atoms with Crippen LogP contribution >= 0.6 is 0 Å². The van der Waals surface area contributed by atoms with Gasteiger partial charge in [-0.3, -0.25) is 9.59 Å². The lowest BCUT2D eigenvalue weighted by molar-refractivity contribution is -0.153. The van der Waals surface area contributed by atoms with Crippen molar-refractivity contribution in [2.24, 2.45) is 5.92 Å². The lowest BCUT2D eigenvalue weighted by Crippen LogP contribution is -2.27. The minimum atomic E-state index is -0.544. The second kappa shape index (κ2) is 15.8. The molecule has 0 unspecified atom stereocenters. The minimum absolute atomic E-state index is 0.0152. The average molecular weight is 533 g/mol. The third kappa shape index (κ3) is 10.2. The Balaban J connectivity index is 2.31. The van der Waals surface area contributed by atoms with Crippen LogP contribution in [0.15, 0.2) is 30.5 Å². The van der Waals surface area contributed by atoms with Crippen LogP contribution in [0.5, 0.6) is 11.5 Å². The van der Waals surface area contributed by atoms with Crippen LogP contribution in [0.2, 0.25) is 0 Å². The zero-order valence-corrected chi connectivity index (χ0v) is 22.4. The molecule has 0 saturated carbocycles. The number of anilines is 1. The molecule has 0 bridgehead atoms. The normalized spacial score (nSPS) is 13.4. The molecular formula is C28H40N2O8. The van der Waals surface area contributed by atoms with E-state index in [1.807, 2.05) is 6.92 Å². The Hall–Kier alpha value is -3.37. The average Bonchev–Trinajstić information content (AvgIpc) is 2.86. The molecule has 1 heterocycles. The van der Waals surface area contributed by atoms with Gasteiger partial charge in [0.25, 0.3) is 0 Å². The highest BCUT2D eigenvalue weighted by Gasteiger charge is 2.23. The maximum absolute atomic E-state index is 11.9. The highest BCUT2D eigenvalue weighted by atomic mass is 16.6. The van der Waals surface area contributed by atoms with Crippen molar-refractivity contribution in [3.8, 4) is 22.6 Å². The number of esters is 2. The number of hydrogen-bond acceptors (Lipinski definition) is 10. The van der Waals surface area contributed by atoms with E-state index in [1.165, 1.54) is 13.8 Å². The first-order valence-electron chi connectivity index (χ1n) is 12.9. The number of rotatable bonds is 16. The molecule has 3 atom stereocenters. The number of carbonyl (C=O) groups is 2. The summed E-state index contributed by atoms with van der Waals surface area (Å²) >= 11 is 0. The van der Waals surface area contributed by atoms with E-state index in [9.17, 15) is 19.8 Å². The van der Waals surface area contributed by atoms with Crippen LogP contribution < -0.4 is 10.5 Å². The number of nitrogens with two attached hydrogens (primary N) is 1. The highest BCUT2D eigenvalue weighted by Crippen LogP contribution is 2.36. The third-order valence-electron chi connectivity index (χ3n) is 6.28. The van der Waals surface area contributed by atoms with Gasteiger partial charge in [-0.2, -0.15) is 0 Å². The molecule has 0 spiro atoms. The van der Waals surface area contributed by atoms with Crippen molar-refractivity contribution < 1.29 is 39.1 Å². The summed E-state index contributed by atoms with van der Waals surface area (Å²) in [6, 6.07) is 6.73. The van der Waals surface area contributed by atoms with E-state index < -0.39 is 24.1 Å². The number of aryl methyl sites for hydroxylation is 1. The standard InChI is InChI=1S/C28H40N2O8/c1-4-20(17-32)5-7-23(37-18(2)33)15-24(38-19(3)34)8-6-21-13-27(36-12-11-31)26(35)16-25(21)22-9-10-30-28(29)14-22/h9-10,13-14,16,20,23-24,31-32,35H,4-8,11-12,15,17H2,1-3H3,(H2,29,30)/t20-,23-,24+/m0/s1. The van der Waals surface area contributed by atoms with E-state index in [1.54, 1.807) is 30.5 Å². The van der Waals surface area contributed by atoms with Crippen LogP contribution in [0.3, 0.4) is 0 Å². The molecule has 0 aliphatic carbocycles. The van der Waals surface area contributed by atoms with Gasteiger partial charge < -0.3 is 35.3 Å². The number of nitrogen functional groups attached to an aromatic ring is 1. The number of nitrogens with zero attached hydrogens (tertiary/aromatic N) is 1. The van der Waals surface area contributed by atoms with Crippen LogP contribution in [0, 0.1) is 5.92 Å². The fourth-order valence-corrected chi connectivity index (χ4v) is 4.35. The van der Waals surface area contributed by atoms with E-state index in [0.717, 1.165) is 17.5 Å². The van der Waals surface area contributed by atoms with Gasteiger partial charge in [0.05, 0.1) is 6.61 Å². The first-order chi connectivity index (χ1) is 18.2. The van der Waals surface area contributed by atoms with E-state index in [-0.39, 0.29) is 37.2 Å². The molecule has 10 nitrogen and oxygen atoms in total. The van der Waals surface area contributed by atoms with E-state index >= 15 is 0 Å². The van der Waals surface area contributed by atoms with Crippen molar-refractivity contribution in [2.45, 2.75) is 71.5 Å². The number of ether oxygens (including phenoxy) is 3. The molecular weight excluding hydrogens is 492 g/mol. The maximum atomic E-state index is 11.9. The lowest BCUT2D eigenvalue weighted by atomic mass is 9.93. The summed E-state index contributed by atoms with van der Waals surface area (Å²) in [5.41, 5.74) is 8.13. The predicted molar refractivity (Wildman–Crippen MR) is 142 cm³/mol. The summed E-state index contributed by atoms with van der Waals surface area (Å²) in [5.74, 6) is -0.313. The number of phenols is 1. The first-order valence-corrected chi connectivity index (χ1v) is 12.9. The quantitative estimate of drug-likeness (QED) is 0.236. The second-order valence-corrected chi connectivity index (χ2v) is 9.29. The summed E-state index contributed by atoms with van der Waals surface area (Å²) in [4.78, 5) is 27.7. The summed E-state index contributed by atoms with van der Waals surface area (Å²) < 4.78 is 16.6. The van der Waals surface area contributed by atoms with Crippen molar-refractivity contribution in [1.82, 2.24) is 4.98 Å². The van der Waals surface area contributed by atoms with Gasteiger partial charge in [0.1, 0.15) is 24.6 Å². The molecule has 5 N–H and O–H groups in total. The topological polar surface area (TPSA) is 161 Å². The van der Waals surface area contributed by atoms with Gasteiger partial charge in [-0.25, -0.2) is 4.98 Å². The first kappa shape index (κ1) is 30.9. The molecule has 10 heteroatoms. The monoisotopic (exact) mass is 532 g/mol. The van der Waals surface area contributed by atoms with Crippen LogP contribution in [0.1, 0.15) is 58.4 Å². The molecule has 0 amide bonds. The van der Waals surface area contributed by atoms with Crippen molar-refractivity contribution in [3.05, 3.63) is 36.0 Å². The number of aromatic hydroxyl groups is 1. The van der Waals surface area contributed by atoms with E-state index in [4.69, 9.17) is 25.1 Å². The Bertz CT molecular complexity index is 1040. The van der Waals surface area contributed by atoms with Gasteiger partial charge >= 0.3 is 11.9 Å². The van der Waals surface area contributed by atoms with Crippen molar-refractivity contribution >= 4 is 17.8 Å². The Morgan fingerprint density at radius 1 is 1.03 bits per heavy atom. The van der Waals surface area contributed by atoms with Crippen molar-refractivity contribution in [2.75, 3.05) is 25.6 Å². The molecule has 0 aliphatic rings. The van der Waals surface area contributed by atoms with Crippen molar-refractivity contribution in [1.29, 1.82) is 0 Å². The number of hydrogen-bond donors (Lipinski definition) is 4. The highest BCUT2D eigenvalue weighted by molar-refractivity contribution is 5.72. The Labute approximate surface area is 223 Å². The number of aliphatic hydroxyl groups is 2. The minimum Gasteiger partial charge on any atom is -0.504 e. The Morgan fingerprint density at radius 3 is 2.29 bits per heavy atom. The fourth-order valence-electron chi connectivity index (χ4n) is 4.35. The molecule has 0 saturated heterocycles. The fraction of sp³-hybridized carbons (Fsp3) is 0.536. The molecule has 38 heavy (non-hydrogen) atoms. The molecule has 1 aromatic carbocycles. The number of aliphatic hydroxyl groups excluding tert-OH is 2. The molecule has 1 aromatic heterocycles. The number of pyridine rings is 1. The SMILES string of the molecule is CC[C@H](CO)CC[C@@H](C[C@@H](CCc1cc(OCCO)c(O)cc1-c1ccnc(N)c1)OC(C)=O)OC(C)=O. The summed E-state index contributed by atoms with van der Waals surface area (Å²) in [7, 11) is 0. The van der Waals surface area contributed by atoms with Gasteiger partial charge in [-0.15, -0.1) is 0 Å². The number of phenolic OH excluding ortho intramolecular Hbond substituents is 1. The van der Waals surface area contributed by atoms with E-state index in [0.29, 0.717) is 43.5 Å². The van der Waals surface area contributed by atoms with Crippen LogP contribution in [-0.4, -0.2) is 64.3 Å². The van der Waals surface area contributed by atoms with Crippen molar-refractivity contribution in [3.63, 3.8) is 0 Å². The molecule has 2 rings (SSSR count). The lowest BCUT2D eigenvalue weighted by Gasteiger charge is -2.25. The van der Waals surface area contributed by atoms with Crippen LogP contribution in [-0.2, 0) is 25.5 Å². The van der Waals surface area contributed by atoms with Gasteiger partial charge in [-0.05, 0) is 72.6 Å². The summed E-state index contributed by atoms with van der Waals surface area (Å²) in [6.07, 6.45) is 3.73. The van der Waals surface area contributed by atoms with Gasteiger partial charge in [0.2, 0.25) is 0 Å². The third-order valence-corrected chi connectivity index (χ3v) is 6.28. The Morgan fingerprint density at radius 2 is 1.71 bits per heavy atom. The van der Waals surface area contributed by atoms with Gasteiger partial charge in [-0.1, -0.05) is 13.3 Å². The molecule has 0 radical (unpaired) electrons. The Kier molecular flexibility index (Phi) is 12.8. The summed E-state index contributed by atoms with van der Waals surface area (Å²) in [5, 5.41) is 29.2. The van der Waals surface area contributed by atoms with Crippen LogP contribution in [0.25, 0.3) is 11.1 Å². The zero-order valence-electron chi connectivity index (χ0n) is 22.4. The number of aromatic nitrogens is 1.